The molecule has 1 aliphatic rings. The van der Waals surface area contributed by atoms with E-state index in [0.29, 0.717) is 5.95 Å². The summed E-state index contributed by atoms with van der Waals surface area (Å²) in [5, 5.41) is 6.30. The van der Waals surface area contributed by atoms with Gasteiger partial charge in [-0.3, -0.25) is 4.90 Å². The molecule has 1 aliphatic carbocycles. The van der Waals surface area contributed by atoms with E-state index in [1.807, 2.05) is 7.05 Å². The van der Waals surface area contributed by atoms with Gasteiger partial charge in [-0.15, -0.1) is 0 Å². The Morgan fingerprint density at radius 2 is 2.28 bits per heavy atom. The van der Waals surface area contributed by atoms with Crippen LogP contribution in [0.2, 0.25) is 0 Å². The zero-order chi connectivity index (χ0) is 13.0. The maximum absolute atomic E-state index is 4.38. The molecule has 2 N–H and O–H groups in total. The van der Waals surface area contributed by atoms with Crippen LogP contribution >= 0.6 is 15.9 Å². The predicted molar refractivity (Wildman–Crippen MR) is 78.0 cm³/mol. The van der Waals surface area contributed by atoms with Gasteiger partial charge in [-0.25, -0.2) is 4.98 Å². The van der Waals surface area contributed by atoms with Gasteiger partial charge in [0.1, 0.15) is 5.82 Å². The minimum atomic E-state index is 0.634. The molecule has 0 aromatic carbocycles. The van der Waals surface area contributed by atoms with E-state index < -0.39 is 0 Å². The average Bonchev–Trinajstić information content (AvgIpc) is 3.21. The van der Waals surface area contributed by atoms with Crippen LogP contribution in [0.25, 0.3) is 0 Å². The molecule has 1 fully saturated rings. The SMILES string of the molecule is CCN(CCNc1nc(NC)ncc1Br)C1CC1. The summed E-state index contributed by atoms with van der Waals surface area (Å²) < 4.78 is 0.899. The van der Waals surface area contributed by atoms with Crippen LogP contribution < -0.4 is 10.6 Å². The Bertz CT molecular complexity index is 394. The standard InChI is InChI=1S/C12H20BrN5/c1-3-18(9-4-5-9)7-6-15-11-10(13)8-16-12(14-2)17-11/h8-9H,3-7H2,1-2H3,(H2,14,15,16,17). The van der Waals surface area contributed by atoms with E-state index >= 15 is 0 Å². The van der Waals surface area contributed by atoms with Crippen molar-refractivity contribution in [1.82, 2.24) is 14.9 Å². The number of likely N-dealkylation sites (N-methyl/N-ethyl adjacent to an activating group) is 1. The molecule has 5 nitrogen and oxygen atoms in total. The Morgan fingerprint density at radius 1 is 1.50 bits per heavy atom. The average molecular weight is 314 g/mol. The Labute approximate surface area is 117 Å². The van der Waals surface area contributed by atoms with Crippen LogP contribution in [-0.2, 0) is 0 Å². The maximum atomic E-state index is 4.38. The second kappa shape index (κ2) is 6.33. The fourth-order valence-corrected chi connectivity index (χ4v) is 2.30. The zero-order valence-electron chi connectivity index (χ0n) is 10.9. The molecule has 0 spiro atoms. The smallest absolute Gasteiger partial charge is 0.224 e. The maximum Gasteiger partial charge on any atom is 0.224 e. The summed E-state index contributed by atoms with van der Waals surface area (Å²) in [6.45, 7) is 5.31. The van der Waals surface area contributed by atoms with E-state index in [9.17, 15) is 0 Å². The van der Waals surface area contributed by atoms with Crippen LogP contribution in [0.3, 0.4) is 0 Å². The van der Waals surface area contributed by atoms with E-state index in [-0.39, 0.29) is 0 Å². The first-order valence-electron chi connectivity index (χ1n) is 6.42. The van der Waals surface area contributed by atoms with Crippen molar-refractivity contribution in [3.05, 3.63) is 10.7 Å². The highest BCUT2D eigenvalue weighted by molar-refractivity contribution is 9.10. The topological polar surface area (TPSA) is 53.1 Å². The third-order valence-electron chi connectivity index (χ3n) is 3.13. The molecule has 1 heterocycles. The molecule has 0 amide bonds. The first-order valence-corrected chi connectivity index (χ1v) is 7.22. The summed E-state index contributed by atoms with van der Waals surface area (Å²) in [7, 11) is 1.82. The van der Waals surface area contributed by atoms with Crippen LogP contribution in [0, 0.1) is 0 Å². The lowest BCUT2D eigenvalue weighted by atomic mass is 10.4. The number of aromatic nitrogens is 2. The van der Waals surface area contributed by atoms with E-state index in [2.05, 4.69) is 48.4 Å². The predicted octanol–water partition coefficient (Wildman–Crippen LogP) is 2.18. The molecule has 1 aromatic heterocycles. The fraction of sp³-hybridized carbons (Fsp3) is 0.667. The molecule has 0 aliphatic heterocycles. The summed E-state index contributed by atoms with van der Waals surface area (Å²) >= 11 is 3.46. The van der Waals surface area contributed by atoms with Crippen LogP contribution in [0.4, 0.5) is 11.8 Å². The molecule has 0 bridgehead atoms. The number of nitrogens with zero attached hydrogens (tertiary/aromatic N) is 3. The molecule has 0 radical (unpaired) electrons. The van der Waals surface area contributed by atoms with Crippen molar-refractivity contribution >= 4 is 27.7 Å². The van der Waals surface area contributed by atoms with Gasteiger partial charge in [-0.2, -0.15) is 4.98 Å². The van der Waals surface area contributed by atoms with Crippen molar-refractivity contribution < 1.29 is 0 Å². The number of anilines is 2. The first-order chi connectivity index (χ1) is 8.74. The summed E-state index contributed by atoms with van der Waals surface area (Å²) in [6.07, 6.45) is 4.48. The van der Waals surface area contributed by atoms with Gasteiger partial charge < -0.3 is 10.6 Å². The highest BCUT2D eigenvalue weighted by Gasteiger charge is 2.27. The van der Waals surface area contributed by atoms with Gasteiger partial charge in [0, 0.05) is 32.4 Å². The van der Waals surface area contributed by atoms with E-state index in [4.69, 9.17) is 0 Å². The Balaban J connectivity index is 1.85. The van der Waals surface area contributed by atoms with Crippen molar-refractivity contribution in [3.63, 3.8) is 0 Å². The monoisotopic (exact) mass is 313 g/mol. The number of halogens is 1. The van der Waals surface area contributed by atoms with Crippen molar-refractivity contribution in [3.8, 4) is 0 Å². The quantitative estimate of drug-likeness (QED) is 0.808. The van der Waals surface area contributed by atoms with E-state index in [1.54, 1.807) is 6.20 Å². The molecule has 100 valence electrons. The molecular formula is C12H20BrN5. The van der Waals surface area contributed by atoms with Gasteiger partial charge in [-0.1, -0.05) is 6.92 Å². The fourth-order valence-electron chi connectivity index (χ4n) is 1.97. The number of rotatable bonds is 7. The van der Waals surface area contributed by atoms with Gasteiger partial charge in [0.25, 0.3) is 0 Å². The van der Waals surface area contributed by atoms with E-state index in [0.717, 1.165) is 36.0 Å². The highest BCUT2D eigenvalue weighted by Crippen LogP contribution is 2.26. The number of hydrogen-bond donors (Lipinski definition) is 2. The molecular weight excluding hydrogens is 294 g/mol. The van der Waals surface area contributed by atoms with Crippen molar-refractivity contribution in [2.75, 3.05) is 37.3 Å². The number of nitrogens with one attached hydrogen (secondary N) is 2. The third-order valence-corrected chi connectivity index (χ3v) is 3.71. The summed E-state index contributed by atoms with van der Waals surface area (Å²) in [5.41, 5.74) is 0. The number of hydrogen-bond acceptors (Lipinski definition) is 5. The lowest BCUT2D eigenvalue weighted by Gasteiger charge is -2.20. The molecule has 1 saturated carbocycles. The summed E-state index contributed by atoms with van der Waals surface area (Å²) in [5.74, 6) is 1.48. The largest absolute Gasteiger partial charge is 0.368 e. The summed E-state index contributed by atoms with van der Waals surface area (Å²) in [4.78, 5) is 11.0. The van der Waals surface area contributed by atoms with Gasteiger partial charge in [0.05, 0.1) is 4.47 Å². The first kappa shape index (κ1) is 13.5. The lowest BCUT2D eigenvalue weighted by Crippen LogP contribution is -2.31. The normalized spacial score (nSPS) is 14.9. The van der Waals surface area contributed by atoms with Crippen molar-refractivity contribution in [1.29, 1.82) is 0 Å². The van der Waals surface area contributed by atoms with Gasteiger partial charge in [0.2, 0.25) is 5.95 Å². The van der Waals surface area contributed by atoms with Gasteiger partial charge in [-0.05, 0) is 35.3 Å². The van der Waals surface area contributed by atoms with Crippen LogP contribution in [0.15, 0.2) is 10.7 Å². The third kappa shape index (κ3) is 3.55. The van der Waals surface area contributed by atoms with Crippen LogP contribution in [0.5, 0.6) is 0 Å². The second-order valence-corrected chi connectivity index (χ2v) is 5.28. The van der Waals surface area contributed by atoms with Crippen LogP contribution in [0.1, 0.15) is 19.8 Å². The van der Waals surface area contributed by atoms with Crippen LogP contribution in [-0.4, -0.2) is 47.6 Å². The Kier molecular flexibility index (Phi) is 4.77. The van der Waals surface area contributed by atoms with Crippen molar-refractivity contribution in [2.45, 2.75) is 25.8 Å². The molecule has 6 heteroatoms. The van der Waals surface area contributed by atoms with E-state index in [1.165, 1.54) is 12.8 Å². The molecule has 1 aromatic rings. The van der Waals surface area contributed by atoms with Gasteiger partial charge in [0.15, 0.2) is 0 Å². The highest BCUT2D eigenvalue weighted by atomic mass is 79.9. The van der Waals surface area contributed by atoms with Gasteiger partial charge >= 0.3 is 0 Å². The van der Waals surface area contributed by atoms with Crippen molar-refractivity contribution in [2.24, 2.45) is 0 Å². The lowest BCUT2D eigenvalue weighted by molar-refractivity contribution is 0.289. The minimum Gasteiger partial charge on any atom is -0.368 e. The molecule has 0 saturated heterocycles. The molecule has 0 atom stereocenters. The summed E-state index contributed by atoms with van der Waals surface area (Å²) in [6, 6.07) is 0.818. The molecule has 2 rings (SSSR count). The molecule has 0 unspecified atom stereocenters. The Hall–Kier alpha value is -0.880. The second-order valence-electron chi connectivity index (χ2n) is 4.43. The zero-order valence-corrected chi connectivity index (χ0v) is 12.5. The minimum absolute atomic E-state index is 0.634. The molecule has 18 heavy (non-hydrogen) atoms. The Morgan fingerprint density at radius 3 is 2.89 bits per heavy atom.